The number of hydrogen-bond acceptors (Lipinski definition) is 2. The molecule has 94 valence electrons. The molecule has 0 aliphatic carbocycles. The molecule has 1 atom stereocenters. The Labute approximate surface area is 103 Å². The second-order valence-corrected chi connectivity index (χ2v) is 4.56. The summed E-state index contributed by atoms with van der Waals surface area (Å²) in [6.45, 7) is 1.72. The lowest BCUT2D eigenvalue weighted by Gasteiger charge is -2.16. The molecular weight excluding hydrogens is 236 g/mol. The summed E-state index contributed by atoms with van der Waals surface area (Å²) in [6, 6.07) is 4.17. The Bertz CT molecular complexity index is 539. The SMILES string of the molecule is Fc1ccc(C2CCN(c3cn[nH]c3)C2)cc1F. The largest absolute Gasteiger partial charge is 0.368 e. The molecule has 5 heteroatoms. The van der Waals surface area contributed by atoms with Gasteiger partial charge in [-0.05, 0) is 24.1 Å². The maximum Gasteiger partial charge on any atom is 0.159 e. The first-order valence-corrected chi connectivity index (χ1v) is 5.93. The van der Waals surface area contributed by atoms with Crippen LogP contribution in [-0.4, -0.2) is 23.3 Å². The van der Waals surface area contributed by atoms with Crippen molar-refractivity contribution >= 4 is 5.69 Å². The first-order chi connectivity index (χ1) is 8.74. The van der Waals surface area contributed by atoms with E-state index in [4.69, 9.17) is 0 Å². The van der Waals surface area contributed by atoms with Gasteiger partial charge >= 0.3 is 0 Å². The van der Waals surface area contributed by atoms with Crippen molar-refractivity contribution < 1.29 is 8.78 Å². The number of aromatic amines is 1. The van der Waals surface area contributed by atoms with Crippen LogP contribution in [0.5, 0.6) is 0 Å². The third kappa shape index (κ3) is 1.96. The lowest BCUT2D eigenvalue weighted by Crippen LogP contribution is -2.18. The summed E-state index contributed by atoms with van der Waals surface area (Å²) in [5.74, 6) is -1.31. The van der Waals surface area contributed by atoms with Crippen LogP contribution in [0, 0.1) is 11.6 Å². The van der Waals surface area contributed by atoms with Crippen molar-refractivity contribution in [3.8, 4) is 0 Å². The lowest BCUT2D eigenvalue weighted by molar-refractivity contribution is 0.505. The molecule has 0 spiro atoms. The fraction of sp³-hybridized carbons (Fsp3) is 0.308. The van der Waals surface area contributed by atoms with Crippen LogP contribution < -0.4 is 4.90 Å². The van der Waals surface area contributed by atoms with E-state index in [0.717, 1.165) is 30.8 Å². The monoisotopic (exact) mass is 249 g/mol. The van der Waals surface area contributed by atoms with Gasteiger partial charge in [-0.1, -0.05) is 6.07 Å². The highest BCUT2D eigenvalue weighted by molar-refractivity contribution is 5.44. The molecule has 1 aromatic heterocycles. The van der Waals surface area contributed by atoms with Gasteiger partial charge in [-0.25, -0.2) is 8.78 Å². The summed E-state index contributed by atoms with van der Waals surface area (Å²) >= 11 is 0. The average molecular weight is 249 g/mol. The van der Waals surface area contributed by atoms with Crippen LogP contribution in [0.2, 0.25) is 0 Å². The number of benzene rings is 1. The standard InChI is InChI=1S/C13H13F2N3/c14-12-2-1-9(5-13(12)15)10-3-4-18(8-10)11-6-16-17-7-11/h1-2,5-7,10H,3-4,8H2,(H,16,17). The molecule has 2 heterocycles. The number of aromatic nitrogens is 2. The predicted octanol–water partition coefficient (Wildman–Crippen LogP) is 2.68. The fourth-order valence-corrected chi connectivity index (χ4v) is 2.45. The van der Waals surface area contributed by atoms with E-state index in [-0.39, 0.29) is 5.92 Å². The van der Waals surface area contributed by atoms with Gasteiger partial charge in [0.05, 0.1) is 11.9 Å². The summed E-state index contributed by atoms with van der Waals surface area (Å²) in [7, 11) is 0. The van der Waals surface area contributed by atoms with Gasteiger partial charge in [0.2, 0.25) is 0 Å². The number of hydrogen-bond donors (Lipinski definition) is 1. The third-order valence-corrected chi connectivity index (χ3v) is 3.45. The van der Waals surface area contributed by atoms with Crippen LogP contribution in [0.1, 0.15) is 17.9 Å². The topological polar surface area (TPSA) is 31.9 Å². The van der Waals surface area contributed by atoms with Gasteiger partial charge in [-0.3, -0.25) is 5.10 Å². The Hall–Kier alpha value is -1.91. The number of nitrogens with one attached hydrogen (secondary N) is 1. The number of H-pyrrole nitrogens is 1. The van der Waals surface area contributed by atoms with Crippen LogP contribution >= 0.6 is 0 Å². The third-order valence-electron chi connectivity index (χ3n) is 3.45. The van der Waals surface area contributed by atoms with Crippen molar-refractivity contribution in [1.82, 2.24) is 10.2 Å². The van der Waals surface area contributed by atoms with Gasteiger partial charge in [0, 0.05) is 25.2 Å². The molecule has 0 radical (unpaired) electrons. The van der Waals surface area contributed by atoms with Crippen LogP contribution in [0.25, 0.3) is 0 Å². The smallest absolute Gasteiger partial charge is 0.159 e. The van der Waals surface area contributed by atoms with Crippen molar-refractivity contribution in [3.63, 3.8) is 0 Å². The quantitative estimate of drug-likeness (QED) is 0.887. The molecule has 3 rings (SSSR count). The number of halogens is 2. The maximum atomic E-state index is 13.2. The van der Waals surface area contributed by atoms with Crippen LogP contribution in [0.15, 0.2) is 30.6 Å². The molecule has 1 aliphatic rings. The van der Waals surface area contributed by atoms with Gasteiger partial charge in [0.25, 0.3) is 0 Å². The van der Waals surface area contributed by atoms with Crippen molar-refractivity contribution in [2.75, 3.05) is 18.0 Å². The Morgan fingerprint density at radius 3 is 2.89 bits per heavy atom. The van der Waals surface area contributed by atoms with Gasteiger partial charge in [-0.15, -0.1) is 0 Å². The van der Waals surface area contributed by atoms with Gasteiger partial charge in [-0.2, -0.15) is 5.10 Å². The van der Waals surface area contributed by atoms with E-state index in [0.29, 0.717) is 0 Å². The van der Waals surface area contributed by atoms with E-state index in [2.05, 4.69) is 15.1 Å². The summed E-state index contributed by atoms with van der Waals surface area (Å²) in [5.41, 5.74) is 1.90. The lowest BCUT2D eigenvalue weighted by atomic mass is 9.98. The molecule has 2 aromatic rings. The number of nitrogens with zero attached hydrogens (tertiary/aromatic N) is 2. The maximum absolute atomic E-state index is 13.2. The molecule has 1 N–H and O–H groups in total. The van der Waals surface area contributed by atoms with E-state index < -0.39 is 11.6 Å². The molecule has 1 unspecified atom stereocenters. The Kier molecular flexibility index (Phi) is 2.74. The summed E-state index contributed by atoms with van der Waals surface area (Å²) in [6.07, 6.45) is 4.55. The molecule has 0 amide bonds. The van der Waals surface area contributed by atoms with Crippen molar-refractivity contribution in [3.05, 3.63) is 47.8 Å². The minimum Gasteiger partial charge on any atom is -0.368 e. The highest BCUT2D eigenvalue weighted by atomic mass is 19.2. The minimum absolute atomic E-state index is 0.245. The Morgan fingerprint density at radius 1 is 1.28 bits per heavy atom. The Balaban J connectivity index is 1.77. The molecule has 18 heavy (non-hydrogen) atoms. The molecule has 1 aromatic carbocycles. The zero-order chi connectivity index (χ0) is 12.5. The van der Waals surface area contributed by atoms with Gasteiger partial charge in [0.15, 0.2) is 11.6 Å². The minimum atomic E-state index is -0.788. The first-order valence-electron chi connectivity index (χ1n) is 5.93. The molecule has 1 aliphatic heterocycles. The van der Waals surface area contributed by atoms with Crippen molar-refractivity contribution in [2.45, 2.75) is 12.3 Å². The highest BCUT2D eigenvalue weighted by Crippen LogP contribution is 2.30. The van der Waals surface area contributed by atoms with Crippen LogP contribution in [0.3, 0.4) is 0 Å². The van der Waals surface area contributed by atoms with E-state index in [1.165, 1.54) is 12.1 Å². The first kappa shape index (κ1) is 11.2. The van der Waals surface area contributed by atoms with Crippen LogP contribution in [0.4, 0.5) is 14.5 Å². The normalized spacial score (nSPS) is 19.4. The second-order valence-electron chi connectivity index (χ2n) is 4.56. The van der Waals surface area contributed by atoms with Gasteiger partial charge < -0.3 is 4.90 Å². The van der Waals surface area contributed by atoms with E-state index in [1.807, 2.05) is 6.20 Å². The molecule has 0 bridgehead atoms. The number of anilines is 1. The van der Waals surface area contributed by atoms with Crippen LogP contribution in [-0.2, 0) is 0 Å². The molecule has 1 saturated heterocycles. The zero-order valence-electron chi connectivity index (χ0n) is 9.74. The van der Waals surface area contributed by atoms with Crippen molar-refractivity contribution in [2.24, 2.45) is 0 Å². The van der Waals surface area contributed by atoms with Crippen molar-refractivity contribution in [1.29, 1.82) is 0 Å². The Morgan fingerprint density at radius 2 is 2.17 bits per heavy atom. The average Bonchev–Trinajstić information content (AvgIpc) is 3.01. The summed E-state index contributed by atoms with van der Waals surface area (Å²) in [4.78, 5) is 2.19. The van der Waals surface area contributed by atoms with Gasteiger partial charge in [0.1, 0.15) is 0 Å². The van der Waals surface area contributed by atoms with E-state index in [1.54, 1.807) is 12.3 Å². The second kappa shape index (κ2) is 4.40. The molecule has 0 saturated carbocycles. The molecule has 1 fully saturated rings. The van der Waals surface area contributed by atoms with E-state index >= 15 is 0 Å². The molecular formula is C13H13F2N3. The highest BCUT2D eigenvalue weighted by Gasteiger charge is 2.25. The van der Waals surface area contributed by atoms with E-state index in [9.17, 15) is 8.78 Å². The molecule has 3 nitrogen and oxygen atoms in total. The summed E-state index contributed by atoms with van der Waals surface area (Å²) in [5, 5.41) is 6.69. The predicted molar refractivity (Wildman–Crippen MR) is 64.5 cm³/mol. The zero-order valence-corrected chi connectivity index (χ0v) is 9.74. The number of rotatable bonds is 2. The fourth-order valence-electron chi connectivity index (χ4n) is 2.45. The summed E-state index contributed by atoms with van der Waals surface area (Å²) < 4.78 is 26.1.